The van der Waals surface area contributed by atoms with Crippen molar-refractivity contribution in [2.45, 2.75) is 33.7 Å². The molecule has 0 fully saturated rings. The molecule has 6 nitrogen and oxygen atoms in total. The summed E-state index contributed by atoms with van der Waals surface area (Å²) in [6.07, 6.45) is 3.30. The monoisotopic (exact) mass is 374 g/mol. The van der Waals surface area contributed by atoms with Crippen LogP contribution < -0.4 is 5.32 Å². The van der Waals surface area contributed by atoms with Crippen molar-refractivity contribution in [2.75, 3.05) is 5.32 Å². The molecule has 0 unspecified atom stereocenters. The number of fused-ring (bicyclic) bond motifs is 1. The fourth-order valence-corrected chi connectivity index (χ4v) is 3.33. The number of carbonyl (C=O) groups is 1. The predicted octanol–water partition coefficient (Wildman–Crippen LogP) is 5.14. The minimum Gasteiger partial charge on any atom is -0.463 e. The Kier molecular flexibility index (Phi) is 4.47. The van der Waals surface area contributed by atoms with Crippen LogP contribution in [0.4, 0.5) is 5.69 Å². The summed E-state index contributed by atoms with van der Waals surface area (Å²) in [5, 5.41) is 8.23. The van der Waals surface area contributed by atoms with E-state index in [2.05, 4.69) is 10.4 Å². The van der Waals surface area contributed by atoms with E-state index in [1.54, 1.807) is 24.6 Å². The van der Waals surface area contributed by atoms with E-state index in [9.17, 15) is 4.79 Å². The quantitative estimate of drug-likeness (QED) is 0.537. The number of aryl methyl sites for hydroxylation is 2. The van der Waals surface area contributed by atoms with Crippen molar-refractivity contribution in [1.29, 1.82) is 0 Å². The lowest BCUT2D eigenvalue weighted by atomic mass is 10.1. The van der Waals surface area contributed by atoms with Crippen LogP contribution in [0, 0.1) is 13.8 Å². The largest absolute Gasteiger partial charge is 0.463 e. The molecule has 0 atom stereocenters. The summed E-state index contributed by atoms with van der Waals surface area (Å²) in [5.41, 5.74) is 4.65. The van der Waals surface area contributed by atoms with E-state index in [-0.39, 0.29) is 11.9 Å². The number of aromatic nitrogens is 3. The Bertz CT molecular complexity index is 1140. The molecule has 3 heterocycles. The highest BCUT2D eigenvalue weighted by Gasteiger charge is 2.20. The van der Waals surface area contributed by atoms with E-state index >= 15 is 0 Å². The molecular formula is C22H22N4O2. The Morgan fingerprint density at radius 1 is 1.14 bits per heavy atom. The average molecular weight is 374 g/mol. The van der Waals surface area contributed by atoms with Gasteiger partial charge in [0.1, 0.15) is 5.69 Å². The second-order valence-electron chi connectivity index (χ2n) is 7.17. The number of anilines is 1. The lowest BCUT2D eigenvalue weighted by Crippen LogP contribution is -2.15. The summed E-state index contributed by atoms with van der Waals surface area (Å²) in [5.74, 6) is 0.417. The van der Waals surface area contributed by atoms with Gasteiger partial charge < -0.3 is 9.73 Å². The molecule has 0 saturated heterocycles. The summed E-state index contributed by atoms with van der Waals surface area (Å²) < 4.78 is 7.33. The van der Waals surface area contributed by atoms with Gasteiger partial charge in [-0.2, -0.15) is 5.10 Å². The van der Waals surface area contributed by atoms with Gasteiger partial charge in [-0.15, -0.1) is 0 Å². The third-order valence-corrected chi connectivity index (χ3v) is 4.79. The number of amides is 1. The second-order valence-corrected chi connectivity index (χ2v) is 7.17. The first kappa shape index (κ1) is 18.0. The summed E-state index contributed by atoms with van der Waals surface area (Å²) in [4.78, 5) is 17.9. The molecule has 142 valence electrons. The van der Waals surface area contributed by atoms with Crippen molar-refractivity contribution in [3.63, 3.8) is 0 Å². The zero-order chi connectivity index (χ0) is 19.8. The van der Waals surface area contributed by atoms with Crippen LogP contribution in [0.3, 0.4) is 0 Å². The van der Waals surface area contributed by atoms with E-state index in [0.29, 0.717) is 28.1 Å². The second kappa shape index (κ2) is 6.96. The third-order valence-electron chi connectivity index (χ3n) is 4.79. The van der Waals surface area contributed by atoms with Crippen LogP contribution in [0.2, 0.25) is 0 Å². The predicted molar refractivity (Wildman–Crippen MR) is 109 cm³/mol. The van der Waals surface area contributed by atoms with Crippen LogP contribution in [-0.2, 0) is 0 Å². The Hall–Kier alpha value is -3.41. The van der Waals surface area contributed by atoms with Gasteiger partial charge in [-0.3, -0.25) is 4.79 Å². The van der Waals surface area contributed by atoms with Crippen LogP contribution >= 0.6 is 0 Å². The number of hydrogen-bond acceptors (Lipinski definition) is 4. The number of carbonyl (C=O) groups excluding carboxylic acids is 1. The Labute approximate surface area is 163 Å². The van der Waals surface area contributed by atoms with Crippen LogP contribution in [0.25, 0.3) is 22.5 Å². The van der Waals surface area contributed by atoms with E-state index in [0.717, 1.165) is 16.8 Å². The molecule has 28 heavy (non-hydrogen) atoms. The first-order valence-corrected chi connectivity index (χ1v) is 9.25. The van der Waals surface area contributed by atoms with Crippen LogP contribution in [0.15, 0.2) is 53.3 Å². The molecule has 0 aliphatic rings. The van der Waals surface area contributed by atoms with Gasteiger partial charge in [0.05, 0.1) is 23.4 Å². The molecule has 1 aromatic carbocycles. The topological polar surface area (TPSA) is 73.0 Å². The van der Waals surface area contributed by atoms with Crippen LogP contribution in [0.1, 0.15) is 41.4 Å². The normalized spacial score (nSPS) is 11.3. The summed E-state index contributed by atoms with van der Waals surface area (Å²) >= 11 is 0. The molecule has 3 aromatic heterocycles. The number of hydrogen-bond donors (Lipinski definition) is 1. The molecule has 1 amide bonds. The highest BCUT2D eigenvalue weighted by molar-refractivity contribution is 6.13. The van der Waals surface area contributed by atoms with Gasteiger partial charge >= 0.3 is 0 Å². The van der Waals surface area contributed by atoms with E-state index in [1.165, 1.54) is 0 Å². The van der Waals surface area contributed by atoms with Gasteiger partial charge in [0.25, 0.3) is 5.91 Å². The SMILES string of the molecule is Cc1cccc(C)c1NC(=O)c1cc(-c2ccco2)nc2c1cnn2C(C)C. The smallest absolute Gasteiger partial charge is 0.256 e. The van der Waals surface area contributed by atoms with Crippen molar-refractivity contribution in [1.82, 2.24) is 14.8 Å². The zero-order valence-electron chi connectivity index (χ0n) is 16.4. The van der Waals surface area contributed by atoms with Crippen molar-refractivity contribution < 1.29 is 9.21 Å². The maximum Gasteiger partial charge on any atom is 0.256 e. The maximum atomic E-state index is 13.2. The highest BCUT2D eigenvalue weighted by Crippen LogP contribution is 2.28. The van der Waals surface area contributed by atoms with Gasteiger partial charge in [-0.05, 0) is 57.0 Å². The van der Waals surface area contributed by atoms with Crippen molar-refractivity contribution in [3.8, 4) is 11.5 Å². The maximum absolute atomic E-state index is 13.2. The van der Waals surface area contributed by atoms with Crippen molar-refractivity contribution >= 4 is 22.6 Å². The van der Waals surface area contributed by atoms with Gasteiger partial charge in [0, 0.05) is 11.7 Å². The summed E-state index contributed by atoms with van der Waals surface area (Å²) in [6, 6.07) is 11.5. The molecular weight excluding hydrogens is 352 g/mol. The lowest BCUT2D eigenvalue weighted by Gasteiger charge is -2.13. The lowest BCUT2D eigenvalue weighted by molar-refractivity contribution is 0.102. The summed E-state index contributed by atoms with van der Waals surface area (Å²) in [6.45, 7) is 8.03. The number of benzene rings is 1. The number of nitrogens with one attached hydrogen (secondary N) is 1. The van der Waals surface area contributed by atoms with Crippen LogP contribution in [0.5, 0.6) is 0 Å². The number of nitrogens with zero attached hydrogens (tertiary/aromatic N) is 3. The van der Waals surface area contributed by atoms with E-state index in [1.807, 2.05) is 56.6 Å². The fourth-order valence-electron chi connectivity index (χ4n) is 3.33. The zero-order valence-corrected chi connectivity index (χ0v) is 16.4. The number of pyridine rings is 1. The first-order chi connectivity index (χ1) is 13.5. The molecule has 1 N–H and O–H groups in total. The molecule has 0 bridgehead atoms. The average Bonchev–Trinajstić information content (AvgIpc) is 3.33. The minimum absolute atomic E-state index is 0.117. The molecule has 0 saturated carbocycles. The summed E-state index contributed by atoms with van der Waals surface area (Å²) in [7, 11) is 0. The molecule has 0 aliphatic heterocycles. The number of rotatable bonds is 4. The van der Waals surface area contributed by atoms with Crippen molar-refractivity contribution in [3.05, 3.63) is 65.5 Å². The first-order valence-electron chi connectivity index (χ1n) is 9.25. The Morgan fingerprint density at radius 2 is 1.89 bits per heavy atom. The Balaban J connectivity index is 1.86. The fraction of sp³-hybridized carbons (Fsp3) is 0.227. The van der Waals surface area contributed by atoms with Crippen molar-refractivity contribution in [2.24, 2.45) is 0 Å². The molecule has 0 spiro atoms. The van der Waals surface area contributed by atoms with Gasteiger partial charge in [-0.25, -0.2) is 9.67 Å². The van der Waals surface area contributed by atoms with Gasteiger partial charge in [0.15, 0.2) is 11.4 Å². The van der Waals surface area contributed by atoms with Crippen LogP contribution in [-0.4, -0.2) is 20.7 Å². The van der Waals surface area contributed by atoms with E-state index < -0.39 is 0 Å². The third kappa shape index (κ3) is 3.07. The van der Waals surface area contributed by atoms with E-state index in [4.69, 9.17) is 9.40 Å². The standard InChI is InChI=1S/C22H22N4O2/c1-13(2)26-21-17(12-23-26)16(11-18(24-21)19-9-6-10-28-19)22(27)25-20-14(3)7-5-8-15(20)4/h5-13H,1-4H3,(H,25,27). The van der Waals surface area contributed by atoms with Gasteiger partial charge in [0.2, 0.25) is 0 Å². The number of para-hydroxylation sites is 1. The Morgan fingerprint density at radius 3 is 2.54 bits per heavy atom. The molecule has 4 aromatic rings. The van der Waals surface area contributed by atoms with Gasteiger partial charge in [-0.1, -0.05) is 18.2 Å². The molecule has 6 heteroatoms. The molecule has 0 radical (unpaired) electrons. The number of furan rings is 1. The molecule has 0 aliphatic carbocycles. The highest BCUT2D eigenvalue weighted by atomic mass is 16.3. The molecule has 4 rings (SSSR count). The minimum atomic E-state index is -0.194.